The van der Waals surface area contributed by atoms with Crippen LogP contribution in [0.5, 0.6) is 0 Å². The van der Waals surface area contributed by atoms with E-state index in [1.807, 2.05) is 80.6 Å². The predicted octanol–water partition coefficient (Wildman–Crippen LogP) is 6.18. The lowest BCUT2D eigenvalue weighted by molar-refractivity contribution is -0.123. The molecule has 3 aromatic carbocycles. The van der Waals surface area contributed by atoms with Crippen LogP contribution in [0.25, 0.3) is 16.9 Å². The van der Waals surface area contributed by atoms with Crippen LogP contribution in [-0.4, -0.2) is 38.9 Å². The Labute approximate surface area is 253 Å². The predicted molar refractivity (Wildman–Crippen MR) is 168 cm³/mol. The Hall–Kier alpha value is -4.76. The van der Waals surface area contributed by atoms with Crippen molar-refractivity contribution in [2.45, 2.75) is 25.6 Å². The molecule has 7 nitrogen and oxygen atoms in total. The Morgan fingerprint density at radius 1 is 1.02 bits per heavy atom. The van der Waals surface area contributed by atoms with Crippen molar-refractivity contribution >= 4 is 29.4 Å². The maximum atomic E-state index is 14.6. The third kappa shape index (κ3) is 5.81. The lowest BCUT2D eigenvalue weighted by Crippen LogP contribution is -2.42. The molecule has 0 bridgehead atoms. The van der Waals surface area contributed by atoms with E-state index >= 15 is 0 Å². The van der Waals surface area contributed by atoms with E-state index in [0.717, 1.165) is 39.1 Å². The summed E-state index contributed by atoms with van der Waals surface area (Å²) in [6.45, 7) is 4.13. The highest BCUT2D eigenvalue weighted by molar-refractivity contribution is 8.00. The molecule has 0 saturated heterocycles. The molecule has 0 spiro atoms. The highest BCUT2D eigenvalue weighted by atomic mass is 32.2. The third-order valence-electron chi connectivity index (χ3n) is 7.61. The lowest BCUT2D eigenvalue weighted by atomic mass is 9.99. The van der Waals surface area contributed by atoms with E-state index in [0.29, 0.717) is 11.5 Å². The van der Waals surface area contributed by atoms with Crippen molar-refractivity contribution < 1.29 is 14.0 Å². The average Bonchev–Trinajstić information content (AvgIpc) is 3.34. The SMILES string of the molecule is Cc1cccc(-n2nc(-c3ccccc3)c3c2N(CC(=O)NCc2cccnc2)C(=O)CS[C@@H]3c2cccc(F)c2)c1C. The first kappa shape index (κ1) is 28.4. The summed E-state index contributed by atoms with van der Waals surface area (Å²) in [5, 5.41) is 7.65. The number of nitrogens with zero attached hydrogens (tertiary/aromatic N) is 4. The van der Waals surface area contributed by atoms with Gasteiger partial charge < -0.3 is 5.32 Å². The summed E-state index contributed by atoms with van der Waals surface area (Å²) in [6.07, 6.45) is 3.37. The van der Waals surface area contributed by atoms with Gasteiger partial charge in [-0.15, -0.1) is 11.8 Å². The largest absolute Gasteiger partial charge is 0.350 e. The van der Waals surface area contributed by atoms with E-state index < -0.39 is 5.25 Å². The summed E-state index contributed by atoms with van der Waals surface area (Å²) in [5.74, 6) is -0.286. The van der Waals surface area contributed by atoms with Gasteiger partial charge in [0.1, 0.15) is 18.2 Å². The van der Waals surface area contributed by atoms with E-state index in [4.69, 9.17) is 5.10 Å². The first-order chi connectivity index (χ1) is 20.9. The Balaban J connectivity index is 1.55. The molecule has 0 fully saturated rings. The summed E-state index contributed by atoms with van der Waals surface area (Å²) in [5.41, 5.74) is 6.74. The minimum atomic E-state index is -0.410. The molecular weight excluding hydrogens is 561 g/mol. The van der Waals surface area contributed by atoms with Crippen molar-refractivity contribution in [2.24, 2.45) is 0 Å². The summed E-state index contributed by atoms with van der Waals surface area (Å²) in [7, 11) is 0. The number of fused-ring (bicyclic) bond motifs is 1. The number of nitrogens with one attached hydrogen (secondary N) is 1. The topological polar surface area (TPSA) is 80.1 Å². The molecule has 2 amide bonds. The number of thioether (sulfide) groups is 1. The molecule has 5 aromatic rings. The number of rotatable bonds is 7. The Kier molecular flexibility index (Phi) is 8.07. The highest BCUT2D eigenvalue weighted by Crippen LogP contribution is 2.48. The Morgan fingerprint density at radius 2 is 1.84 bits per heavy atom. The van der Waals surface area contributed by atoms with Crippen molar-refractivity contribution in [2.75, 3.05) is 17.2 Å². The van der Waals surface area contributed by atoms with Crippen LogP contribution in [0.3, 0.4) is 0 Å². The number of amides is 2. The van der Waals surface area contributed by atoms with Gasteiger partial charge in [-0.05, 0) is 60.4 Å². The molecule has 1 aliphatic heterocycles. The molecule has 0 saturated carbocycles. The van der Waals surface area contributed by atoms with Crippen LogP contribution in [0.2, 0.25) is 0 Å². The molecule has 6 rings (SSSR count). The second-order valence-corrected chi connectivity index (χ2v) is 11.5. The fourth-order valence-corrected chi connectivity index (χ4v) is 6.48. The van der Waals surface area contributed by atoms with Crippen LogP contribution in [-0.2, 0) is 16.1 Å². The number of aryl methyl sites for hydroxylation is 1. The second-order valence-electron chi connectivity index (χ2n) is 10.4. The van der Waals surface area contributed by atoms with E-state index in [2.05, 4.69) is 10.3 Å². The van der Waals surface area contributed by atoms with Crippen LogP contribution in [0.4, 0.5) is 10.2 Å². The van der Waals surface area contributed by atoms with Crippen molar-refractivity contribution in [3.63, 3.8) is 0 Å². The van der Waals surface area contributed by atoms with Gasteiger partial charge in [0.2, 0.25) is 11.8 Å². The minimum absolute atomic E-state index is 0.104. The molecule has 0 radical (unpaired) electrons. The van der Waals surface area contributed by atoms with Crippen LogP contribution in [0.1, 0.15) is 33.1 Å². The molecule has 216 valence electrons. The van der Waals surface area contributed by atoms with Gasteiger partial charge in [-0.25, -0.2) is 9.07 Å². The maximum absolute atomic E-state index is 14.6. The van der Waals surface area contributed by atoms with Gasteiger partial charge >= 0.3 is 0 Å². The van der Waals surface area contributed by atoms with Crippen LogP contribution >= 0.6 is 11.8 Å². The average molecular weight is 592 g/mol. The van der Waals surface area contributed by atoms with Gasteiger partial charge in [0, 0.05) is 30.1 Å². The van der Waals surface area contributed by atoms with E-state index in [9.17, 15) is 14.0 Å². The smallest absolute Gasteiger partial charge is 0.240 e. The number of benzene rings is 3. The van der Waals surface area contributed by atoms with Gasteiger partial charge in [0.25, 0.3) is 0 Å². The monoisotopic (exact) mass is 591 g/mol. The number of carbonyl (C=O) groups excluding carboxylic acids is 2. The van der Waals surface area contributed by atoms with Crippen molar-refractivity contribution in [1.29, 1.82) is 0 Å². The zero-order valence-electron chi connectivity index (χ0n) is 23.8. The number of anilines is 1. The molecule has 0 unspecified atom stereocenters. The molecule has 1 atom stereocenters. The summed E-state index contributed by atoms with van der Waals surface area (Å²) in [6, 6.07) is 25.9. The first-order valence-electron chi connectivity index (χ1n) is 14.0. The molecule has 43 heavy (non-hydrogen) atoms. The molecule has 3 heterocycles. The molecular formula is C34H30FN5O2S. The number of hydrogen-bond donors (Lipinski definition) is 1. The first-order valence-corrected chi connectivity index (χ1v) is 15.0. The molecule has 1 aliphatic rings. The third-order valence-corrected chi connectivity index (χ3v) is 8.86. The summed E-state index contributed by atoms with van der Waals surface area (Å²) >= 11 is 1.41. The Morgan fingerprint density at radius 3 is 2.60 bits per heavy atom. The van der Waals surface area contributed by atoms with Gasteiger partial charge in [0.15, 0.2) is 0 Å². The Bertz CT molecular complexity index is 1790. The molecule has 2 aromatic heterocycles. The van der Waals surface area contributed by atoms with Gasteiger partial charge in [0.05, 0.1) is 22.4 Å². The second kappa shape index (κ2) is 12.2. The van der Waals surface area contributed by atoms with E-state index in [-0.39, 0.29) is 36.5 Å². The van der Waals surface area contributed by atoms with Crippen LogP contribution in [0, 0.1) is 19.7 Å². The van der Waals surface area contributed by atoms with Crippen molar-refractivity contribution in [3.05, 3.63) is 131 Å². The normalized spacial score (nSPS) is 14.7. The van der Waals surface area contributed by atoms with E-state index in [1.54, 1.807) is 23.1 Å². The van der Waals surface area contributed by atoms with E-state index in [1.165, 1.54) is 28.8 Å². The summed E-state index contributed by atoms with van der Waals surface area (Å²) in [4.78, 5) is 32.9. The zero-order chi connectivity index (χ0) is 29.9. The maximum Gasteiger partial charge on any atom is 0.240 e. The lowest BCUT2D eigenvalue weighted by Gasteiger charge is -2.24. The number of halogens is 1. The number of aromatic nitrogens is 3. The van der Waals surface area contributed by atoms with Gasteiger partial charge in [-0.1, -0.05) is 60.7 Å². The summed E-state index contributed by atoms with van der Waals surface area (Å²) < 4.78 is 16.4. The minimum Gasteiger partial charge on any atom is -0.350 e. The van der Waals surface area contributed by atoms with Gasteiger partial charge in [-0.2, -0.15) is 5.10 Å². The molecule has 0 aliphatic carbocycles. The van der Waals surface area contributed by atoms with Gasteiger partial charge in [-0.3, -0.25) is 19.5 Å². The van der Waals surface area contributed by atoms with Crippen LogP contribution in [0.15, 0.2) is 97.3 Å². The van der Waals surface area contributed by atoms with Crippen LogP contribution < -0.4 is 10.2 Å². The molecule has 9 heteroatoms. The fraction of sp³-hybridized carbons (Fsp3) is 0.176. The number of carbonyl (C=O) groups is 2. The quantitative estimate of drug-likeness (QED) is 0.245. The standard InChI is InChI=1S/C34H30FN5O2S/c1-22-9-6-15-28(23(22)2)40-34-31(32(38-40)25-11-4-3-5-12-25)33(26-13-7-14-27(35)17-26)43-21-30(42)39(34)20-29(41)37-19-24-10-8-16-36-18-24/h3-18,33H,19-21H2,1-2H3,(H,37,41)/t33-/m1/s1. The highest BCUT2D eigenvalue weighted by Gasteiger charge is 2.38. The zero-order valence-corrected chi connectivity index (χ0v) is 24.6. The number of pyridine rings is 1. The van der Waals surface area contributed by atoms with Crippen molar-refractivity contribution in [1.82, 2.24) is 20.1 Å². The van der Waals surface area contributed by atoms with Crippen molar-refractivity contribution in [3.8, 4) is 16.9 Å². The number of hydrogen-bond acceptors (Lipinski definition) is 5. The fourth-order valence-electron chi connectivity index (χ4n) is 5.30. The molecule has 1 N–H and O–H groups in total.